The topological polar surface area (TPSA) is 44.7 Å². The van der Waals surface area contributed by atoms with Gasteiger partial charge in [0.25, 0.3) is 0 Å². The van der Waals surface area contributed by atoms with Crippen molar-refractivity contribution in [3.63, 3.8) is 0 Å². The highest BCUT2D eigenvalue weighted by molar-refractivity contribution is 6.07. The summed E-state index contributed by atoms with van der Waals surface area (Å²) in [7, 11) is 0. The quantitative estimate of drug-likeness (QED) is 0.349. The number of hydrogen-bond acceptors (Lipinski definition) is 2. The molecule has 1 aliphatic heterocycles. The number of urea groups is 1. The summed E-state index contributed by atoms with van der Waals surface area (Å²) in [6, 6.07) is 15.0. The van der Waals surface area contributed by atoms with E-state index in [0.717, 1.165) is 60.4 Å². The predicted molar refractivity (Wildman–Crippen MR) is 126 cm³/mol. The van der Waals surface area contributed by atoms with Gasteiger partial charge < -0.3 is 5.32 Å². The predicted octanol–water partition coefficient (Wildman–Crippen LogP) is 7.67. The Bertz CT molecular complexity index is 1330. The zero-order valence-electron chi connectivity index (χ0n) is 19.3. The van der Waals surface area contributed by atoms with Gasteiger partial charge in [0, 0.05) is 17.2 Å². The first-order valence-electron chi connectivity index (χ1n) is 11.6. The Kier molecular flexibility index (Phi) is 6.21. The molecule has 0 saturated heterocycles. The second kappa shape index (κ2) is 9.24. The Hall–Kier alpha value is -3.82. The molecule has 1 heterocycles. The molecule has 2 atom stereocenters. The van der Waals surface area contributed by atoms with E-state index < -0.39 is 35.6 Å². The second-order valence-electron chi connectivity index (χ2n) is 9.06. The number of nitrogens with zero attached hydrogens (tertiary/aromatic N) is 2. The molecule has 0 aromatic heterocycles. The lowest BCUT2D eigenvalue weighted by atomic mass is 9.85. The van der Waals surface area contributed by atoms with Gasteiger partial charge in [-0.2, -0.15) is 31.4 Å². The van der Waals surface area contributed by atoms with Gasteiger partial charge in [-0.1, -0.05) is 36.4 Å². The van der Waals surface area contributed by atoms with Gasteiger partial charge >= 0.3 is 18.4 Å². The number of rotatable bonds is 2. The van der Waals surface area contributed by atoms with Crippen LogP contribution < -0.4 is 5.32 Å². The molecule has 0 fully saturated rings. The average molecular weight is 517 g/mol. The fourth-order valence-corrected chi connectivity index (χ4v) is 4.96. The van der Waals surface area contributed by atoms with Gasteiger partial charge in [-0.05, 0) is 66.8 Å². The Morgan fingerprint density at radius 3 is 2.05 bits per heavy atom. The number of hydrogen-bond donors (Lipinski definition) is 1. The minimum absolute atomic E-state index is 0.136. The van der Waals surface area contributed by atoms with Crippen LogP contribution in [0.1, 0.15) is 46.7 Å². The summed E-state index contributed by atoms with van der Waals surface area (Å²) in [5, 5.41) is 8.41. The van der Waals surface area contributed by atoms with E-state index in [-0.39, 0.29) is 11.6 Å². The Morgan fingerprint density at radius 2 is 1.43 bits per heavy atom. The van der Waals surface area contributed by atoms with Crippen molar-refractivity contribution in [1.29, 1.82) is 0 Å². The van der Waals surface area contributed by atoms with Crippen molar-refractivity contribution in [2.24, 2.45) is 11.0 Å². The van der Waals surface area contributed by atoms with Gasteiger partial charge in [0.15, 0.2) is 0 Å². The van der Waals surface area contributed by atoms with E-state index in [4.69, 9.17) is 0 Å². The zero-order chi connectivity index (χ0) is 26.4. The van der Waals surface area contributed by atoms with Crippen LogP contribution in [-0.4, -0.2) is 16.8 Å². The van der Waals surface area contributed by atoms with E-state index in [1.54, 1.807) is 0 Å². The molecule has 1 N–H and O–H groups in total. The third kappa shape index (κ3) is 4.92. The summed E-state index contributed by atoms with van der Waals surface area (Å²) >= 11 is 0. The molecule has 2 amide bonds. The number of fused-ring (bicyclic) bond motifs is 3. The largest absolute Gasteiger partial charge is 0.416 e. The first kappa shape index (κ1) is 24.9. The van der Waals surface area contributed by atoms with Crippen molar-refractivity contribution < 1.29 is 31.1 Å². The lowest BCUT2D eigenvalue weighted by molar-refractivity contribution is -0.138. The van der Waals surface area contributed by atoms with E-state index in [2.05, 4.69) is 10.4 Å². The van der Waals surface area contributed by atoms with Crippen molar-refractivity contribution in [2.45, 2.75) is 37.7 Å². The van der Waals surface area contributed by atoms with Crippen LogP contribution >= 0.6 is 0 Å². The molecule has 3 aromatic rings. The molecule has 192 valence electrons. The van der Waals surface area contributed by atoms with Crippen molar-refractivity contribution in [3.05, 3.63) is 101 Å². The fraction of sp³-hybridized carbons (Fsp3) is 0.259. The van der Waals surface area contributed by atoms with Crippen molar-refractivity contribution >= 4 is 17.4 Å². The van der Waals surface area contributed by atoms with E-state index in [9.17, 15) is 31.1 Å². The maximum Gasteiger partial charge on any atom is 0.416 e. The van der Waals surface area contributed by atoms with Gasteiger partial charge in [0.05, 0.1) is 22.9 Å². The number of amides is 2. The minimum atomic E-state index is -4.52. The van der Waals surface area contributed by atoms with Crippen molar-refractivity contribution in [1.82, 2.24) is 5.01 Å². The van der Waals surface area contributed by atoms with Gasteiger partial charge in [-0.15, -0.1) is 0 Å². The highest BCUT2D eigenvalue weighted by Crippen LogP contribution is 2.43. The molecule has 0 bridgehead atoms. The molecule has 0 spiro atoms. The zero-order valence-corrected chi connectivity index (χ0v) is 19.3. The van der Waals surface area contributed by atoms with Gasteiger partial charge in [-0.25, -0.2) is 9.80 Å². The van der Waals surface area contributed by atoms with Crippen LogP contribution in [-0.2, 0) is 18.8 Å². The molecule has 0 saturated carbocycles. The van der Waals surface area contributed by atoms with Gasteiger partial charge in [0.1, 0.15) is 0 Å². The monoisotopic (exact) mass is 517 g/mol. The third-order valence-corrected chi connectivity index (χ3v) is 6.72. The molecule has 10 heteroatoms. The summed E-state index contributed by atoms with van der Waals surface area (Å²) < 4.78 is 78.2. The standard InChI is InChI=1S/C27H21F6N3O/c28-26(29,30)18-10-8-17(9-11-18)24-22-7-3-5-16-4-1-2-6-21(16)23(22)35-36(24)25(37)34-20-14-12-19(13-15-20)27(31,32)33/h1-2,4,6,8-15,22,24H,3,5,7H2,(H,34,37)/t22-,24-/m0/s1. The fourth-order valence-electron chi connectivity index (χ4n) is 4.96. The number of aryl methyl sites for hydroxylation is 1. The van der Waals surface area contributed by atoms with Crippen LogP contribution in [0, 0.1) is 5.92 Å². The van der Waals surface area contributed by atoms with Crippen LogP contribution in [0.3, 0.4) is 0 Å². The van der Waals surface area contributed by atoms with E-state index in [1.807, 2.05) is 24.3 Å². The lowest BCUT2D eigenvalue weighted by Crippen LogP contribution is -2.34. The summed E-state index contributed by atoms with van der Waals surface area (Å²) in [5.41, 5.74) is 1.58. The molecular formula is C27H21F6N3O. The van der Waals surface area contributed by atoms with Crippen molar-refractivity contribution in [3.8, 4) is 0 Å². The number of carbonyl (C=O) groups excluding carboxylic acids is 1. The molecule has 3 aromatic carbocycles. The van der Waals surface area contributed by atoms with E-state index in [1.165, 1.54) is 17.1 Å². The molecule has 0 radical (unpaired) electrons. The summed E-state index contributed by atoms with van der Waals surface area (Å²) in [4.78, 5) is 13.4. The lowest BCUT2D eigenvalue weighted by Gasteiger charge is -2.27. The van der Waals surface area contributed by atoms with Gasteiger partial charge in [-0.3, -0.25) is 0 Å². The maximum absolute atomic E-state index is 13.4. The highest BCUT2D eigenvalue weighted by Gasteiger charge is 2.43. The van der Waals surface area contributed by atoms with Crippen LogP contribution in [0.25, 0.3) is 0 Å². The highest BCUT2D eigenvalue weighted by atomic mass is 19.4. The average Bonchev–Trinajstić information content (AvgIpc) is 3.13. The molecular weight excluding hydrogens is 496 g/mol. The summed E-state index contributed by atoms with van der Waals surface area (Å²) in [6.45, 7) is 0. The number of carbonyl (C=O) groups is 1. The smallest absolute Gasteiger partial charge is 0.306 e. The molecule has 2 aliphatic rings. The minimum Gasteiger partial charge on any atom is -0.306 e. The van der Waals surface area contributed by atoms with Crippen LogP contribution in [0.15, 0.2) is 77.9 Å². The normalized spacial score (nSPS) is 19.5. The molecule has 4 nitrogen and oxygen atoms in total. The number of anilines is 1. The summed E-state index contributed by atoms with van der Waals surface area (Å²) in [5.74, 6) is -0.265. The number of halogens is 6. The molecule has 5 rings (SSSR count). The maximum atomic E-state index is 13.4. The molecule has 37 heavy (non-hydrogen) atoms. The van der Waals surface area contributed by atoms with E-state index >= 15 is 0 Å². The number of benzene rings is 3. The SMILES string of the molecule is O=C(Nc1ccc(C(F)(F)F)cc1)N1N=C2c3ccccc3CCC[C@@H]2[C@@H]1c1ccc(C(F)(F)F)cc1. The first-order chi connectivity index (χ1) is 17.5. The summed E-state index contributed by atoms with van der Waals surface area (Å²) in [6.07, 6.45) is -6.76. The van der Waals surface area contributed by atoms with Crippen molar-refractivity contribution in [2.75, 3.05) is 5.32 Å². The number of hydrazone groups is 1. The Labute approximate surface area is 208 Å². The first-order valence-corrected chi connectivity index (χ1v) is 11.6. The van der Waals surface area contributed by atoms with Crippen LogP contribution in [0.5, 0.6) is 0 Å². The molecule has 1 aliphatic carbocycles. The Morgan fingerprint density at radius 1 is 0.838 bits per heavy atom. The van der Waals surface area contributed by atoms with E-state index in [0.29, 0.717) is 17.7 Å². The molecule has 0 unspecified atom stereocenters. The Balaban J connectivity index is 1.51. The number of nitrogens with one attached hydrogen (secondary N) is 1. The number of alkyl halides is 6. The second-order valence-corrected chi connectivity index (χ2v) is 9.06. The van der Waals surface area contributed by atoms with Crippen LogP contribution in [0.2, 0.25) is 0 Å². The van der Waals surface area contributed by atoms with Gasteiger partial charge in [0.2, 0.25) is 0 Å². The van der Waals surface area contributed by atoms with Crippen LogP contribution in [0.4, 0.5) is 36.8 Å². The third-order valence-electron chi connectivity index (χ3n) is 6.72.